The lowest BCUT2D eigenvalue weighted by Crippen LogP contribution is -1.88. The number of nitrogens with zero attached hydrogens (tertiary/aromatic N) is 1. The van der Waals surface area contributed by atoms with Gasteiger partial charge in [-0.1, -0.05) is 40.9 Å². The molecule has 3 rings (SSSR count). The number of fused-ring (bicyclic) bond motifs is 1. The van der Waals surface area contributed by atoms with Gasteiger partial charge < -0.3 is 10.2 Å². The number of oxazole rings is 1. The Morgan fingerprint density at radius 3 is 2.63 bits per heavy atom. The lowest BCUT2D eigenvalue weighted by molar-refractivity contribution is 0.620. The van der Waals surface area contributed by atoms with E-state index in [1.54, 1.807) is 18.2 Å². The average Bonchev–Trinajstić information content (AvgIpc) is 2.80. The van der Waals surface area contributed by atoms with Crippen LogP contribution in [0.2, 0.25) is 15.1 Å². The van der Waals surface area contributed by atoms with Crippen LogP contribution in [0.3, 0.4) is 0 Å². The number of hydrogen-bond donors (Lipinski definition) is 1. The van der Waals surface area contributed by atoms with Crippen molar-refractivity contribution in [1.29, 1.82) is 0 Å². The van der Waals surface area contributed by atoms with Gasteiger partial charge in [0.05, 0.1) is 15.7 Å². The van der Waals surface area contributed by atoms with Crippen molar-refractivity contribution >= 4 is 51.6 Å². The molecule has 0 atom stereocenters. The zero-order valence-electron chi connectivity index (χ0n) is 9.45. The smallest absolute Gasteiger partial charge is 0.227 e. The van der Waals surface area contributed by atoms with Crippen LogP contribution in [0.25, 0.3) is 22.6 Å². The van der Waals surface area contributed by atoms with Crippen LogP contribution >= 0.6 is 34.8 Å². The maximum absolute atomic E-state index is 6.11. The summed E-state index contributed by atoms with van der Waals surface area (Å²) < 4.78 is 5.63. The van der Waals surface area contributed by atoms with E-state index in [1.165, 1.54) is 0 Å². The first kappa shape index (κ1) is 12.6. The third kappa shape index (κ3) is 2.14. The highest BCUT2D eigenvalue weighted by molar-refractivity contribution is 6.42. The summed E-state index contributed by atoms with van der Waals surface area (Å²) >= 11 is 18.0. The van der Waals surface area contributed by atoms with Gasteiger partial charge in [-0.05, 0) is 18.2 Å². The molecule has 2 aromatic carbocycles. The molecule has 19 heavy (non-hydrogen) atoms. The number of nitrogens with two attached hydrogens (primary N) is 1. The Morgan fingerprint density at radius 1 is 1.11 bits per heavy atom. The molecule has 0 spiro atoms. The Morgan fingerprint density at radius 2 is 1.89 bits per heavy atom. The minimum Gasteiger partial charge on any atom is -0.436 e. The highest BCUT2D eigenvalue weighted by atomic mass is 35.5. The molecule has 3 nitrogen and oxygen atoms in total. The topological polar surface area (TPSA) is 52.0 Å². The summed E-state index contributed by atoms with van der Waals surface area (Å²) in [5.41, 5.74) is 7.78. The number of halogens is 3. The quantitative estimate of drug-likeness (QED) is 0.640. The third-order valence-electron chi connectivity index (χ3n) is 2.68. The fourth-order valence-corrected chi connectivity index (χ4v) is 2.43. The van der Waals surface area contributed by atoms with Gasteiger partial charge in [0.25, 0.3) is 0 Å². The number of anilines is 1. The van der Waals surface area contributed by atoms with Crippen molar-refractivity contribution in [2.75, 3.05) is 5.73 Å². The van der Waals surface area contributed by atoms with Gasteiger partial charge >= 0.3 is 0 Å². The number of hydrogen-bond acceptors (Lipinski definition) is 3. The maximum Gasteiger partial charge on any atom is 0.227 e. The van der Waals surface area contributed by atoms with Gasteiger partial charge in [0.2, 0.25) is 5.89 Å². The average molecular weight is 314 g/mol. The van der Waals surface area contributed by atoms with Crippen LogP contribution in [0.1, 0.15) is 0 Å². The monoisotopic (exact) mass is 312 g/mol. The summed E-state index contributed by atoms with van der Waals surface area (Å²) in [6.07, 6.45) is 0. The van der Waals surface area contributed by atoms with Crippen LogP contribution in [-0.2, 0) is 0 Å². The lowest BCUT2D eigenvalue weighted by Gasteiger charge is -1.99. The Bertz CT molecular complexity index is 783. The number of rotatable bonds is 1. The molecule has 0 saturated carbocycles. The molecular weight excluding hydrogens is 307 g/mol. The third-order valence-corrected chi connectivity index (χ3v) is 3.61. The number of aromatic nitrogens is 1. The van der Waals surface area contributed by atoms with Crippen LogP contribution < -0.4 is 5.73 Å². The van der Waals surface area contributed by atoms with E-state index in [1.807, 2.05) is 12.1 Å². The van der Waals surface area contributed by atoms with E-state index >= 15 is 0 Å². The van der Waals surface area contributed by atoms with Crippen molar-refractivity contribution in [1.82, 2.24) is 4.98 Å². The van der Waals surface area contributed by atoms with Crippen molar-refractivity contribution in [3.8, 4) is 11.5 Å². The minimum atomic E-state index is 0.291. The van der Waals surface area contributed by atoms with Crippen LogP contribution in [-0.4, -0.2) is 4.98 Å². The highest BCUT2D eigenvalue weighted by Gasteiger charge is 2.15. The van der Waals surface area contributed by atoms with Crippen molar-refractivity contribution in [3.63, 3.8) is 0 Å². The van der Waals surface area contributed by atoms with Gasteiger partial charge in [0.1, 0.15) is 5.52 Å². The Kier molecular flexibility index (Phi) is 3.05. The SMILES string of the molecule is Nc1c(Cl)cc2oc(-c3cccc(Cl)c3)nc2c1Cl. The largest absolute Gasteiger partial charge is 0.436 e. The number of nitrogen functional groups attached to an aromatic ring is 1. The first-order valence-corrected chi connectivity index (χ1v) is 6.49. The molecule has 1 aromatic heterocycles. The summed E-state index contributed by atoms with van der Waals surface area (Å²) in [7, 11) is 0. The molecule has 0 saturated heterocycles. The Labute approximate surface area is 123 Å². The normalized spacial score (nSPS) is 11.1. The molecule has 0 aliphatic carbocycles. The zero-order chi connectivity index (χ0) is 13.6. The molecule has 2 N–H and O–H groups in total. The molecule has 96 valence electrons. The Balaban J connectivity index is 2.25. The van der Waals surface area contributed by atoms with Gasteiger partial charge in [-0.25, -0.2) is 4.98 Å². The van der Waals surface area contributed by atoms with E-state index in [-0.39, 0.29) is 0 Å². The molecule has 0 fully saturated rings. The summed E-state index contributed by atoms with van der Waals surface area (Å²) in [6.45, 7) is 0. The van der Waals surface area contributed by atoms with Gasteiger partial charge in [0.15, 0.2) is 5.58 Å². The molecule has 0 radical (unpaired) electrons. The van der Waals surface area contributed by atoms with Crippen molar-refractivity contribution in [2.24, 2.45) is 0 Å². The molecule has 0 unspecified atom stereocenters. The standard InChI is InChI=1S/C13H7Cl3N2O/c14-7-3-1-2-6(4-7)13-18-12-9(19-13)5-8(15)11(17)10(12)16/h1-5H,17H2. The van der Waals surface area contributed by atoms with Gasteiger partial charge in [-0.3, -0.25) is 0 Å². The van der Waals surface area contributed by atoms with E-state index in [2.05, 4.69) is 4.98 Å². The van der Waals surface area contributed by atoms with Crippen LogP contribution in [0.5, 0.6) is 0 Å². The Hall–Kier alpha value is -1.42. The summed E-state index contributed by atoms with van der Waals surface area (Å²) in [5, 5.41) is 1.23. The van der Waals surface area contributed by atoms with E-state index in [0.29, 0.717) is 37.7 Å². The summed E-state index contributed by atoms with van der Waals surface area (Å²) in [6, 6.07) is 8.78. The molecular formula is C13H7Cl3N2O. The maximum atomic E-state index is 6.11. The molecule has 1 heterocycles. The van der Waals surface area contributed by atoms with Crippen molar-refractivity contribution in [2.45, 2.75) is 0 Å². The molecule has 3 aromatic rings. The molecule has 6 heteroatoms. The predicted molar refractivity (Wildman–Crippen MR) is 78.9 cm³/mol. The molecule has 0 aliphatic heterocycles. The second-order valence-electron chi connectivity index (χ2n) is 3.96. The predicted octanol–water partition coefficient (Wildman–Crippen LogP) is 5.04. The van der Waals surface area contributed by atoms with E-state index in [9.17, 15) is 0 Å². The molecule has 0 bridgehead atoms. The molecule has 0 aliphatic rings. The van der Waals surface area contributed by atoms with Gasteiger partial charge in [0, 0.05) is 16.7 Å². The number of benzene rings is 2. The summed E-state index contributed by atoms with van der Waals surface area (Å²) in [4.78, 5) is 4.33. The fraction of sp³-hybridized carbons (Fsp3) is 0. The van der Waals surface area contributed by atoms with Gasteiger partial charge in [-0.2, -0.15) is 0 Å². The fourth-order valence-electron chi connectivity index (χ4n) is 1.76. The van der Waals surface area contributed by atoms with E-state index in [4.69, 9.17) is 45.0 Å². The lowest BCUT2D eigenvalue weighted by atomic mass is 10.2. The van der Waals surface area contributed by atoms with Crippen LogP contribution in [0.15, 0.2) is 34.7 Å². The van der Waals surface area contributed by atoms with Crippen LogP contribution in [0.4, 0.5) is 5.69 Å². The minimum absolute atomic E-state index is 0.291. The second-order valence-corrected chi connectivity index (χ2v) is 5.18. The van der Waals surface area contributed by atoms with E-state index in [0.717, 1.165) is 5.56 Å². The van der Waals surface area contributed by atoms with Crippen LogP contribution in [0, 0.1) is 0 Å². The first-order chi connectivity index (χ1) is 9.06. The molecule has 0 amide bonds. The van der Waals surface area contributed by atoms with Crippen molar-refractivity contribution in [3.05, 3.63) is 45.4 Å². The first-order valence-electron chi connectivity index (χ1n) is 5.36. The van der Waals surface area contributed by atoms with Crippen molar-refractivity contribution < 1.29 is 4.42 Å². The van der Waals surface area contributed by atoms with Gasteiger partial charge in [-0.15, -0.1) is 0 Å². The highest BCUT2D eigenvalue weighted by Crippen LogP contribution is 2.37. The summed E-state index contributed by atoms with van der Waals surface area (Å²) in [5.74, 6) is 0.418. The second kappa shape index (κ2) is 4.60. The zero-order valence-corrected chi connectivity index (χ0v) is 11.7. The van der Waals surface area contributed by atoms with E-state index < -0.39 is 0 Å².